The Bertz CT molecular complexity index is 169. The van der Waals surface area contributed by atoms with E-state index >= 15 is 0 Å². The largest absolute Gasteiger partial charge is 0.387 e. The van der Waals surface area contributed by atoms with Crippen molar-refractivity contribution in [2.45, 2.75) is 6.42 Å². The van der Waals surface area contributed by atoms with Crippen molar-refractivity contribution in [1.29, 1.82) is 0 Å². The molecule has 0 aromatic heterocycles. The summed E-state index contributed by atoms with van der Waals surface area (Å²) in [5.74, 6) is -0.451. The average Bonchev–Trinajstić information content (AvgIpc) is 2.50. The monoisotopic (exact) mass is 156 g/mol. The molecule has 1 saturated heterocycles. The first-order chi connectivity index (χ1) is 5.27. The molecule has 11 heavy (non-hydrogen) atoms. The molecule has 4 heteroatoms. The summed E-state index contributed by atoms with van der Waals surface area (Å²) in [5.41, 5.74) is 0. The zero-order chi connectivity index (χ0) is 8.27. The molecule has 1 heterocycles. The van der Waals surface area contributed by atoms with Gasteiger partial charge in [-0.05, 0) is 6.42 Å². The summed E-state index contributed by atoms with van der Waals surface area (Å²) in [7, 11) is 0. The third-order valence-corrected chi connectivity index (χ3v) is 1.84. The van der Waals surface area contributed by atoms with Gasteiger partial charge in [0.2, 0.25) is 12.2 Å². The fraction of sp³-hybridized carbons (Fsp3) is 0.714. The van der Waals surface area contributed by atoms with Crippen LogP contribution in [-0.2, 0) is 9.59 Å². The van der Waals surface area contributed by atoms with Gasteiger partial charge >= 0.3 is 0 Å². The van der Waals surface area contributed by atoms with Crippen molar-refractivity contribution < 1.29 is 14.7 Å². The van der Waals surface area contributed by atoms with E-state index in [2.05, 4.69) is 0 Å². The molecule has 0 aromatic carbocycles. The number of rotatable bonds is 2. The standard InChI is InChI=1S/C7H10NO3/c9-4-6-1-2-8(3-6)7(11)5-10/h6,10H,1-3,5H2. The summed E-state index contributed by atoms with van der Waals surface area (Å²) in [5, 5.41) is 8.46. The summed E-state index contributed by atoms with van der Waals surface area (Å²) in [6, 6.07) is 0. The van der Waals surface area contributed by atoms with E-state index in [9.17, 15) is 9.59 Å². The molecule has 1 N–H and O–H groups in total. The number of aliphatic hydroxyl groups is 1. The SMILES string of the molecule is O=[C]C1CCN(C(=O)CO)C1. The van der Waals surface area contributed by atoms with Gasteiger partial charge in [0, 0.05) is 19.0 Å². The Labute approximate surface area is 64.8 Å². The second kappa shape index (κ2) is 3.48. The predicted octanol–water partition coefficient (Wildman–Crippen LogP) is -1.06. The summed E-state index contributed by atoms with van der Waals surface area (Å²) in [6.45, 7) is 0.522. The second-order valence-electron chi connectivity index (χ2n) is 2.60. The molecule has 1 unspecified atom stereocenters. The van der Waals surface area contributed by atoms with Crippen molar-refractivity contribution >= 4 is 12.2 Å². The molecule has 0 spiro atoms. The number of nitrogens with zero attached hydrogens (tertiary/aromatic N) is 1. The van der Waals surface area contributed by atoms with E-state index in [1.54, 1.807) is 0 Å². The summed E-state index contributed by atoms with van der Waals surface area (Å²) >= 11 is 0. The fourth-order valence-electron chi connectivity index (χ4n) is 1.18. The Balaban J connectivity index is 2.41. The van der Waals surface area contributed by atoms with Crippen LogP contribution in [0.5, 0.6) is 0 Å². The molecule has 1 radical (unpaired) electrons. The zero-order valence-electron chi connectivity index (χ0n) is 6.12. The van der Waals surface area contributed by atoms with Crippen LogP contribution in [0, 0.1) is 5.92 Å². The Morgan fingerprint density at radius 2 is 2.45 bits per heavy atom. The van der Waals surface area contributed by atoms with Crippen LogP contribution in [-0.4, -0.2) is 41.9 Å². The van der Waals surface area contributed by atoms with E-state index in [1.807, 2.05) is 6.29 Å². The molecule has 0 bridgehead atoms. The van der Waals surface area contributed by atoms with Gasteiger partial charge in [-0.2, -0.15) is 0 Å². The highest BCUT2D eigenvalue weighted by atomic mass is 16.3. The first-order valence-electron chi connectivity index (χ1n) is 3.54. The third-order valence-electron chi connectivity index (χ3n) is 1.84. The number of aliphatic hydroxyl groups excluding tert-OH is 1. The van der Waals surface area contributed by atoms with Gasteiger partial charge in [-0.1, -0.05) is 0 Å². The van der Waals surface area contributed by atoms with Gasteiger partial charge in [-0.3, -0.25) is 9.59 Å². The first kappa shape index (κ1) is 8.20. The first-order valence-corrected chi connectivity index (χ1v) is 3.54. The quantitative estimate of drug-likeness (QED) is 0.554. The number of amides is 1. The van der Waals surface area contributed by atoms with E-state index in [4.69, 9.17) is 5.11 Å². The molecule has 1 aliphatic heterocycles. The van der Waals surface area contributed by atoms with Crippen molar-refractivity contribution in [2.24, 2.45) is 5.92 Å². The van der Waals surface area contributed by atoms with Gasteiger partial charge < -0.3 is 10.0 Å². The normalized spacial score (nSPS) is 23.7. The van der Waals surface area contributed by atoms with Crippen molar-refractivity contribution in [3.63, 3.8) is 0 Å². The predicted molar refractivity (Wildman–Crippen MR) is 37.5 cm³/mol. The maximum absolute atomic E-state index is 10.8. The van der Waals surface area contributed by atoms with E-state index in [0.29, 0.717) is 19.5 Å². The Morgan fingerprint density at radius 1 is 1.73 bits per heavy atom. The van der Waals surface area contributed by atoms with Crippen LogP contribution >= 0.6 is 0 Å². The lowest BCUT2D eigenvalue weighted by Crippen LogP contribution is -2.31. The molecule has 0 saturated carbocycles. The minimum Gasteiger partial charge on any atom is -0.387 e. The number of carbonyl (C=O) groups excluding carboxylic acids is 2. The van der Waals surface area contributed by atoms with Crippen molar-refractivity contribution in [3.05, 3.63) is 0 Å². The van der Waals surface area contributed by atoms with E-state index in [1.165, 1.54) is 4.90 Å². The molecule has 0 aliphatic carbocycles. The van der Waals surface area contributed by atoms with Crippen LogP contribution in [0.2, 0.25) is 0 Å². The Kier molecular flexibility index (Phi) is 2.59. The molecule has 1 rings (SSSR count). The molecule has 1 atom stereocenters. The maximum atomic E-state index is 10.8. The van der Waals surface area contributed by atoms with Gasteiger partial charge in [0.25, 0.3) is 0 Å². The number of likely N-dealkylation sites (tertiary alicyclic amines) is 1. The van der Waals surface area contributed by atoms with Crippen LogP contribution < -0.4 is 0 Å². The van der Waals surface area contributed by atoms with Crippen LogP contribution in [0.15, 0.2) is 0 Å². The minimum absolute atomic E-state index is 0.148. The fourth-order valence-corrected chi connectivity index (χ4v) is 1.18. The summed E-state index contributed by atoms with van der Waals surface area (Å²) < 4.78 is 0. The van der Waals surface area contributed by atoms with Gasteiger partial charge in [0.05, 0.1) is 0 Å². The molecular weight excluding hydrogens is 146 g/mol. The highest BCUT2D eigenvalue weighted by Crippen LogP contribution is 2.13. The van der Waals surface area contributed by atoms with Crippen molar-refractivity contribution in [3.8, 4) is 0 Å². The molecule has 4 nitrogen and oxygen atoms in total. The van der Waals surface area contributed by atoms with Crippen molar-refractivity contribution in [2.75, 3.05) is 19.7 Å². The Morgan fingerprint density at radius 3 is 2.91 bits per heavy atom. The van der Waals surface area contributed by atoms with Crippen molar-refractivity contribution in [1.82, 2.24) is 4.90 Å². The zero-order valence-corrected chi connectivity index (χ0v) is 6.12. The lowest BCUT2D eigenvalue weighted by atomic mass is 10.1. The van der Waals surface area contributed by atoms with Crippen LogP contribution in [0.25, 0.3) is 0 Å². The van der Waals surface area contributed by atoms with Crippen LogP contribution in [0.1, 0.15) is 6.42 Å². The Hall–Kier alpha value is -0.900. The smallest absolute Gasteiger partial charge is 0.248 e. The van der Waals surface area contributed by atoms with Gasteiger partial charge in [0.15, 0.2) is 0 Å². The molecule has 1 aliphatic rings. The second-order valence-corrected chi connectivity index (χ2v) is 2.60. The topological polar surface area (TPSA) is 57.6 Å². The minimum atomic E-state index is -0.467. The highest BCUT2D eigenvalue weighted by molar-refractivity contribution is 5.78. The molecule has 1 amide bonds. The number of hydrogen-bond donors (Lipinski definition) is 1. The van der Waals surface area contributed by atoms with Gasteiger partial charge in [-0.25, -0.2) is 0 Å². The third kappa shape index (κ3) is 1.77. The van der Waals surface area contributed by atoms with E-state index in [0.717, 1.165) is 0 Å². The molecular formula is C7H10NO3. The van der Waals surface area contributed by atoms with Crippen LogP contribution in [0.4, 0.5) is 0 Å². The lowest BCUT2D eigenvalue weighted by molar-refractivity contribution is -0.133. The lowest BCUT2D eigenvalue weighted by Gasteiger charge is -2.12. The number of carbonyl (C=O) groups is 1. The summed E-state index contributed by atoms with van der Waals surface area (Å²) in [6.07, 6.45) is 2.52. The number of hydrogen-bond acceptors (Lipinski definition) is 3. The van der Waals surface area contributed by atoms with Gasteiger partial charge in [-0.15, -0.1) is 0 Å². The molecule has 61 valence electrons. The molecule has 0 aromatic rings. The van der Waals surface area contributed by atoms with Crippen LogP contribution in [0.3, 0.4) is 0 Å². The summed E-state index contributed by atoms with van der Waals surface area (Å²) in [4.78, 5) is 22.4. The van der Waals surface area contributed by atoms with E-state index < -0.39 is 6.61 Å². The molecule has 1 fully saturated rings. The maximum Gasteiger partial charge on any atom is 0.248 e. The van der Waals surface area contributed by atoms with E-state index in [-0.39, 0.29) is 11.8 Å². The average molecular weight is 156 g/mol. The highest BCUT2D eigenvalue weighted by Gasteiger charge is 2.25. The van der Waals surface area contributed by atoms with Gasteiger partial charge in [0.1, 0.15) is 6.61 Å².